The summed E-state index contributed by atoms with van der Waals surface area (Å²) in [6, 6.07) is 11.9. The van der Waals surface area contributed by atoms with E-state index in [0.717, 1.165) is 56.9 Å². The van der Waals surface area contributed by atoms with Gasteiger partial charge < -0.3 is 6.92 Å². The van der Waals surface area contributed by atoms with Crippen molar-refractivity contribution in [1.82, 2.24) is 51.0 Å². The SMILES string of the molecule is C.C.C#N.CCC#N.Cc1cc(C)[nH]n1.Cc1cc(C)[nH]n1.Cc1cc(C)[nH]n1.Cc1cc(C)[nH]n1.Cc1cc(C)[nH]n1.ClCl.[CH2-]C.[Cl][Pt][Cl].[Pt]. The fourth-order valence-electron chi connectivity index (χ4n) is 2.77. The van der Waals surface area contributed by atoms with Crippen LogP contribution in [0.1, 0.15) is 92.1 Å². The van der Waals surface area contributed by atoms with Crippen LogP contribution in [0.15, 0.2) is 30.3 Å². The molecule has 0 saturated heterocycles. The second-order valence-electron chi connectivity index (χ2n) is 9.02. The van der Waals surface area contributed by atoms with Gasteiger partial charge in [-0.1, -0.05) is 21.8 Å². The van der Waals surface area contributed by atoms with Crippen LogP contribution in [0.2, 0.25) is 0 Å². The third kappa shape index (κ3) is 52.0. The summed E-state index contributed by atoms with van der Waals surface area (Å²) in [5.41, 5.74) is 10.9. The predicted molar refractivity (Wildman–Crippen MR) is 211 cm³/mol. The van der Waals surface area contributed by atoms with E-state index in [1.165, 1.54) is 0 Å². The van der Waals surface area contributed by atoms with Gasteiger partial charge in [-0.15, -0.1) is 0 Å². The van der Waals surface area contributed by atoms with Crippen molar-refractivity contribution in [1.29, 1.82) is 10.5 Å². The van der Waals surface area contributed by atoms with Crippen molar-refractivity contribution in [3.8, 4) is 12.6 Å². The van der Waals surface area contributed by atoms with E-state index in [1.54, 1.807) is 6.92 Å². The molecule has 0 radical (unpaired) electrons. The topological polar surface area (TPSA) is 191 Å². The second-order valence-corrected chi connectivity index (χ2v) is 12.3. The van der Waals surface area contributed by atoms with Gasteiger partial charge in [-0.25, -0.2) is 5.26 Å². The molecule has 0 aliphatic rings. The molecular formula is C33H59Cl4N12Pt2-. The Morgan fingerprint density at radius 1 is 0.569 bits per heavy atom. The summed E-state index contributed by atoms with van der Waals surface area (Å²) in [5, 5.41) is 47.7. The number of halogens is 4. The molecular weight excluding hydrogens is 1100 g/mol. The van der Waals surface area contributed by atoms with E-state index in [4.69, 9.17) is 29.4 Å². The number of aromatic nitrogens is 10. The molecule has 0 aromatic carbocycles. The minimum Gasteiger partial charge on any atom is 0 e. The Balaban J connectivity index is -0.0000000690. The molecule has 0 saturated carbocycles. The van der Waals surface area contributed by atoms with E-state index in [-0.39, 0.29) is 35.9 Å². The number of hydrogen-bond acceptors (Lipinski definition) is 7. The van der Waals surface area contributed by atoms with Gasteiger partial charge in [0.15, 0.2) is 0 Å². The van der Waals surface area contributed by atoms with Crippen LogP contribution < -0.4 is 0 Å². The zero-order valence-corrected chi connectivity index (χ0v) is 37.7. The van der Waals surface area contributed by atoms with Crippen molar-refractivity contribution >= 4 is 40.5 Å². The Labute approximate surface area is 348 Å². The molecule has 0 aliphatic carbocycles. The van der Waals surface area contributed by atoms with Gasteiger partial charge >= 0.3 is 35.3 Å². The monoisotopic (exact) mass is 1150 g/mol. The molecule has 300 valence electrons. The molecule has 5 aromatic heterocycles. The van der Waals surface area contributed by atoms with Gasteiger partial charge in [0.1, 0.15) is 0 Å². The third-order valence-corrected chi connectivity index (χ3v) is 4.33. The van der Waals surface area contributed by atoms with Crippen LogP contribution in [0.25, 0.3) is 0 Å². The quantitative estimate of drug-likeness (QED) is 0.0953. The molecule has 51 heavy (non-hydrogen) atoms. The van der Waals surface area contributed by atoms with Crippen LogP contribution >= 0.6 is 40.5 Å². The zero-order chi connectivity index (χ0) is 38.5. The summed E-state index contributed by atoms with van der Waals surface area (Å²) in [4.78, 5) is 0. The van der Waals surface area contributed by atoms with Crippen molar-refractivity contribution in [2.24, 2.45) is 0 Å². The minimum atomic E-state index is -0.472. The normalized spacial score (nSPS) is 7.57. The van der Waals surface area contributed by atoms with E-state index in [9.17, 15) is 0 Å². The Kier molecular flexibility index (Phi) is 65.0. The molecule has 0 bridgehead atoms. The minimum absolute atomic E-state index is 0. The molecule has 5 rings (SSSR count). The van der Waals surface area contributed by atoms with Gasteiger partial charge in [-0.3, -0.25) is 25.5 Å². The molecule has 0 unspecified atom stereocenters. The Morgan fingerprint density at radius 2 is 0.686 bits per heavy atom. The first-order chi connectivity index (χ1) is 22.8. The van der Waals surface area contributed by atoms with Crippen molar-refractivity contribution < 1.29 is 37.5 Å². The Hall–Kier alpha value is -2.43. The standard InChI is InChI=1S/5C5H8N2.C3H5N.C2H5.CHN.2CH4.Cl2.2ClH.2Pt/c5*1-4-3-5(2)7-6-4;1-2-3-4;2*1-2;;;1-2;;;;/h5*3H,1-2H3,(H,6,7);2H2,1H3;1H2,2H3;1H;2*1H4;;2*1H;;/q;;;;;;-1;;;;;;;;+2/p-2. The molecule has 12 nitrogen and oxygen atoms in total. The van der Waals surface area contributed by atoms with E-state index in [2.05, 4.69) is 86.2 Å². The van der Waals surface area contributed by atoms with Crippen molar-refractivity contribution in [3.63, 3.8) is 0 Å². The molecule has 0 spiro atoms. The van der Waals surface area contributed by atoms with Gasteiger partial charge in [-0.2, -0.15) is 37.7 Å². The smallest absolute Gasteiger partial charge is 0 e. The van der Waals surface area contributed by atoms with Crippen LogP contribution in [0.3, 0.4) is 0 Å². The number of rotatable bonds is 0. The first-order valence-corrected chi connectivity index (χ1v) is 20.8. The number of nitrogens with zero attached hydrogens (tertiary/aromatic N) is 7. The summed E-state index contributed by atoms with van der Waals surface area (Å²) in [6.07, 6.45) is 0.625. The summed E-state index contributed by atoms with van der Waals surface area (Å²) in [6.45, 7) is 30.1. The molecule has 0 amide bonds. The number of H-pyrrole nitrogens is 5. The van der Waals surface area contributed by atoms with Gasteiger partial charge in [0, 0.05) is 84.2 Å². The molecule has 5 heterocycles. The average molecular weight is 1160 g/mol. The van der Waals surface area contributed by atoms with E-state index in [0.29, 0.717) is 6.42 Å². The number of aromatic amines is 5. The summed E-state index contributed by atoms with van der Waals surface area (Å²) >= 11 is -0.472. The fraction of sp³-hybridized carbons (Fsp3) is 0.455. The van der Waals surface area contributed by atoms with Crippen LogP contribution in [-0.2, 0) is 37.5 Å². The maximum atomic E-state index is 7.62. The average Bonchev–Trinajstić information content (AvgIpc) is 3.91. The van der Waals surface area contributed by atoms with Crippen molar-refractivity contribution in [2.45, 2.75) is 104 Å². The van der Waals surface area contributed by atoms with Gasteiger partial charge in [0.05, 0.1) is 34.5 Å². The predicted octanol–water partition coefficient (Wildman–Crippen LogP) is 11.1. The second kappa shape index (κ2) is 49.7. The molecule has 0 aliphatic heterocycles. The van der Waals surface area contributed by atoms with E-state index in [1.807, 2.05) is 113 Å². The Morgan fingerprint density at radius 3 is 0.706 bits per heavy atom. The number of nitrogens with one attached hydrogen (secondary N) is 5. The van der Waals surface area contributed by atoms with Crippen LogP contribution in [0, 0.1) is 99.3 Å². The first-order valence-electron chi connectivity index (χ1n) is 14.0. The molecule has 18 heteroatoms. The first kappa shape index (κ1) is 66.8. The van der Waals surface area contributed by atoms with Gasteiger partial charge in [-0.05, 0) is 99.6 Å². The van der Waals surface area contributed by atoms with E-state index >= 15 is 0 Å². The largest absolute Gasteiger partial charge is 0 e. The van der Waals surface area contributed by atoms with E-state index < -0.39 is 16.5 Å². The summed E-state index contributed by atoms with van der Waals surface area (Å²) < 4.78 is 0. The number of hydrogen-bond donors (Lipinski definition) is 5. The number of aryl methyl sites for hydroxylation is 10. The summed E-state index contributed by atoms with van der Waals surface area (Å²) in [7, 11) is 18.0. The Bertz CT molecular complexity index is 1120. The van der Waals surface area contributed by atoms with Crippen LogP contribution in [0.5, 0.6) is 0 Å². The molecule has 0 atom stereocenters. The fourth-order valence-corrected chi connectivity index (χ4v) is 2.77. The van der Waals surface area contributed by atoms with Crippen LogP contribution in [0.4, 0.5) is 0 Å². The number of nitriles is 2. The molecule has 0 fully saturated rings. The summed E-state index contributed by atoms with van der Waals surface area (Å²) in [5.74, 6) is 0. The maximum Gasteiger partial charge on any atom is 0 e. The third-order valence-electron chi connectivity index (χ3n) is 4.33. The maximum absolute atomic E-state index is 7.62. The van der Waals surface area contributed by atoms with Gasteiger partial charge in [0.25, 0.3) is 0 Å². The van der Waals surface area contributed by atoms with Gasteiger partial charge in [0.2, 0.25) is 0 Å². The van der Waals surface area contributed by atoms with Crippen molar-refractivity contribution in [3.05, 3.63) is 94.2 Å². The van der Waals surface area contributed by atoms with Crippen LogP contribution in [-0.4, -0.2) is 51.0 Å². The zero-order valence-electron chi connectivity index (χ0n) is 30.2. The molecule has 5 N–H and O–H groups in total. The van der Waals surface area contributed by atoms with Crippen molar-refractivity contribution in [2.75, 3.05) is 0 Å². The molecule has 5 aromatic rings.